The van der Waals surface area contributed by atoms with Gasteiger partial charge in [-0.15, -0.1) is 0 Å². The molecule has 0 saturated carbocycles. The maximum atomic E-state index is 12.9. The third-order valence-corrected chi connectivity index (χ3v) is 6.71. The van der Waals surface area contributed by atoms with E-state index in [9.17, 15) is 13.2 Å². The van der Waals surface area contributed by atoms with Crippen molar-refractivity contribution in [1.29, 1.82) is 0 Å². The highest BCUT2D eigenvalue weighted by molar-refractivity contribution is 7.89. The predicted octanol–water partition coefficient (Wildman–Crippen LogP) is 2.16. The minimum Gasteiger partial charge on any atom is -0.341 e. The lowest BCUT2D eigenvalue weighted by molar-refractivity contribution is -0.135. The van der Waals surface area contributed by atoms with E-state index < -0.39 is 16.1 Å². The molecular formula is C17H24N2O3S. The summed E-state index contributed by atoms with van der Waals surface area (Å²) in [7, 11) is -3.60. The minimum absolute atomic E-state index is 0.0158. The Balaban J connectivity index is 1.82. The van der Waals surface area contributed by atoms with Crippen LogP contribution in [0, 0.1) is 6.92 Å². The van der Waals surface area contributed by atoms with Crippen LogP contribution in [0.2, 0.25) is 0 Å². The van der Waals surface area contributed by atoms with Crippen LogP contribution in [-0.2, 0) is 14.8 Å². The van der Waals surface area contributed by atoms with E-state index in [4.69, 9.17) is 0 Å². The van der Waals surface area contributed by atoms with Gasteiger partial charge in [-0.25, -0.2) is 8.42 Å². The smallest absolute Gasteiger partial charge is 0.243 e. The molecule has 1 amide bonds. The van der Waals surface area contributed by atoms with Crippen LogP contribution in [0.25, 0.3) is 0 Å². The summed E-state index contributed by atoms with van der Waals surface area (Å²) in [5.74, 6) is -0.0158. The number of carbonyl (C=O) groups is 1. The molecular weight excluding hydrogens is 312 g/mol. The van der Waals surface area contributed by atoms with Gasteiger partial charge in [0.1, 0.15) is 6.04 Å². The number of hydrogen-bond donors (Lipinski definition) is 0. The number of aryl methyl sites for hydroxylation is 1. The minimum atomic E-state index is -3.60. The average Bonchev–Trinajstić information content (AvgIpc) is 3.06. The molecule has 0 aromatic heterocycles. The van der Waals surface area contributed by atoms with Gasteiger partial charge in [0, 0.05) is 19.6 Å². The molecule has 0 bridgehead atoms. The fourth-order valence-corrected chi connectivity index (χ4v) is 5.10. The van der Waals surface area contributed by atoms with Gasteiger partial charge in [0.25, 0.3) is 0 Å². The fourth-order valence-electron chi connectivity index (χ4n) is 3.45. The van der Waals surface area contributed by atoms with Crippen LogP contribution in [0.4, 0.5) is 0 Å². The Labute approximate surface area is 138 Å². The van der Waals surface area contributed by atoms with E-state index in [1.165, 1.54) is 4.31 Å². The lowest BCUT2D eigenvalue weighted by atomic mass is 10.1. The zero-order valence-electron chi connectivity index (χ0n) is 13.6. The van der Waals surface area contributed by atoms with E-state index in [1.807, 2.05) is 11.8 Å². The standard InChI is InChI=1S/C17H24N2O3S/c1-14-7-9-15(10-8-14)23(21,22)19-13-5-6-16(19)17(20)18-11-3-2-4-12-18/h7-10,16H,2-6,11-13H2,1H3. The molecule has 1 aromatic rings. The summed E-state index contributed by atoms with van der Waals surface area (Å²) in [5.41, 5.74) is 1.02. The normalized spacial score (nSPS) is 23.2. The fraction of sp³-hybridized carbons (Fsp3) is 0.588. The van der Waals surface area contributed by atoms with Crippen molar-refractivity contribution in [3.63, 3.8) is 0 Å². The zero-order chi connectivity index (χ0) is 16.4. The van der Waals surface area contributed by atoms with E-state index >= 15 is 0 Å². The molecule has 3 rings (SSSR count). The Morgan fingerprint density at radius 1 is 1.00 bits per heavy atom. The number of likely N-dealkylation sites (tertiary alicyclic amines) is 1. The maximum absolute atomic E-state index is 12.9. The zero-order valence-corrected chi connectivity index (χ0v) is 14.4. The molecule has 2 saturated heterocycles. The Kier molecular flexibility index (Phi) is 4.73. The molecule has 1 atom stereocenters. The summed E-state index contributed by atoms with van der Waals surface area (Å²) < 4.78 is 27.2. The number of rotatable bonds is 3. The van der Waals surface area contributed by atoms with Crippen molar-refractivity contribution in [3.8, 4) is 0 Å². The lowest BCUT2D eigenvalue weighted by Crippen LogP contribution is -2.49. The van der Waals surface area contributed by atoms with Crippen molar-refractivity contribution < 1.29 is 13.2 Å². The van der Waals surface area contributed by atoms with Crippen molar-refractivity contribution in [2.45, 2.75) is 50.0 Å². The first-order valence-electron chi connectivity index (χ1n) is 8.37. The van der Waals surface area contributed by atoms with Crippen LogP contribution in [0.15, 0.2) is 29.2 Å². The molecule has 1 aromatic carbocycles. The van der Waals surface area contributed by atoms with E-state index in [0.717, 1.165) is 44.3 Å². The van der Waals surface area contributed by atoms with Gasteiger partial charge in [-0.1, -0.05) is 17.7 Å². The topological polar surface area (TPSA) is 57.7 Å². The second-order valence-electron chi connectivity index (χ2n) is 6.47. The molecule has 0 radical (unpaired) electrons. The largest absolute Gasteiger partial charge is 0.341 e. The second kappa shape index (κ2) is 6.61. The van der Waals surface area contributed by atoms with Crippen LogP contribution >= 0.6 is 0 Å². The highest BCUT2D eigenvalue weighted by Gasteiger charge is 2.41. The summed E-state index contributed by atoms with van der Waals surface area (Å²) >= 11 is 0. The van der Waals surface area contributed by atoms with Gasteiger partial charge in [0.2, 0.25) is 15.9 Å². The van der Waals surface area contributed by atoms with Crippen LogP contribution in [0.1, 0.15) is 37.7 Å². The molecule has 23 heavy (non-hydrogen) atoms. The molecule has 2 aliphatic rings. The number of piperidine rings is 1. The maximum Gasteiger partial charge on any atom is 0.243 e. The van der Waals surface area contributed by atoms with E-state index in [1.54, 1.807) is 24.3 Å². The van der Waals surface area contributed by atoms with E-state index in [0.29, 0.717) is 13.0 Å². The third kappa shape index (κ3) is 3.28. The van der Waals surface area contributed by atoms with Crippen LogP contribution in [0.5, 0.6) is 0 Å². The number of carbonyl (C=O) groups excluding carboxylic acids is 1. The first-order valence-corrected chi connectivity index (χ1v) is 9.81. The van der Waals surface area contributed by atoms with Gasteiger partial charge in [0.15, 0.2) is 0 Å². The molecule has 0 aliphatic carbocycles. The number of sulfonamides is 1. The Morgan fingerprint density at radius 2 is 1.65 bits per heavy atom. The molecule has 2 fully saturated rings. The average molecular weight is 336 g/mol. The molecule has 0 spiro atoms. The third-order valence-electron chi connectivity index (χ3n) is 4.78. The summed E-state index contributed by atoms with van der Waals surface area (Å²) in [6, 6.07) is 6.32. The summed E-state index contributed by atoms with van der Waals surface area (Å²) in [6.45, 7) is 3.87. The SMILES string of the molecule is Cc1ccc(S(=O)(=O)N2CCCC2C(=O)N2CCCCC2)cc1. The van der Waals surface area contributed by atoms with Crippen molar-refractivity contribution >= 4 is 15.9 Å². The summed E-state index contributed by atoms with van der Waals surface area (Å²) in [6.07, 6.45) is 4.56. The highest BCUT2D eigenvalue weighted by Crippen LogP contribution is 2.28. The van der Waals surface area contributed by atoms with Gasteiger partial charge >= 0.3 is 0 Å². The molecule has 5 nitrogen and oxygen atoms in total. The van der Waals surface area contributed by atoms with Gasteiger partial charge in [-0.2, -0.15) is 4.31 Å². The highest BCUT2D eigenvalue weighted by atomic mass is 32.2. The van der Waals surface area contributed by atoms with Gasteiger partial charge in [0.05, 0.1) is 4.90 Å². The van der Waals surface area contributed by atoms with Gasteiger partial charge < -0.3 is 4.90 Å². The predicted molar refractivity (Wildman–Crippen MR) is 88.5 cm³/mol. The summed E-state index contributed by atoms with van der Waals surface area (Å²) in [5, 5.41) is 0. The molecule has 6 heteroatoms. The Morgan fingerprint density at radius 3 is 2.30 bits per heavy atom. The molecule has 2 aliphatic heterocycles. The first kappa shape index (κ1) is 16.5. The number of amides is 1. The second-order valence-corrected chi connectivity index (χ2v) is 8.36. The molecule has 1 unspecified atom stereocenters. The van der Waals surface area contributed by atoms with Gasteiger partial charge in [-0.05, 0) is 51.2 Å². The molecule has 0 N–H and O–H groups in total. The van der Waals surface area contributed by atoms with Crippen molar-refractivity contribution in [1.82, 2.24) is 9.21 Å². The Bertz CT molecular complexity index is 664. The van der Waals surface area contributed by atoms with Crippen molar-refractivity contribution in [3.05, 3.63) is 29.8 Å². The number of benzene rings is 1. The first-order chi connectivity index (χ1) is 11.0. The quantitative estimate of drug-likeness (QED) is 0.850. The van der Waals surface area contributed by atoms with E-state index in [-0.39, 0.29) is 10.8 Å². The number of nitrogens with zero attached hydrogens (tertiary/aromatic N) is 2. The van der Waals surface area contributed by atoms with Crippen molar-refractivity contribution in [2.24, 2.45) is 0 Å². The van der Waals surface area contributed by atoms with Gasteiger partial charge in [-0.3, -0.25) is 4.79 Å². The van der Waals surface area contributed by atoms with Crippen molar-refractivity contribution in [2.75, 3.05) is 19.6 Å². The summed E-state index contributed by atoms with van der Waals surface area (Å²) in [4.78, 5) is 14.9. The lowest BCUT2D eigenvalue weighted by Gasteiger charge is -2.32. The van der Waals surface area contributed by atoms with Crippen LogP contribution < -0.4 is 0 Å². The number of hydrogen-bond acceptors (Lipinski definition) is 3. The van der Waals surface area contributed by atoms with Crippen LogP contribution in [-0.4, -0.2) is 49.2 Å². The van der Waals surface area contributed by atoms with Crippen LogP contribution in [0.3, 0.4) is 0 Å². The Hall–Kier alpha value is -1.40. The molecule has 2 heterocycles. The van der Waals surface area contributed by atoms with E-state index in [2.05, 4.69) is 0 Å². The molecule has 126 valence electrons. The monoisotopic (exact) mass is 336 g/mol.